The largest absolute Gasteiger partial charge is 1.00 e. The third kappa shape index (κ3) is 4.29. The van der Waals surface area contributed by atoms with Gasteiger partial charge in [0.1, 0.15) is 0 Å². The third-order valence-corrected chi connectivity index (χ3v) is 13.4. The molecule has 5 atom stereocenters. The monoisotopic (exact) mass is 518 g/mol. The minimum absolute atomic E-state index is 0. The van der Waals surface area contributed by atoms with E-state index in [9.17, 15) is 0 Å². The number of halogens is 2. The summed E-state index contributed by atoms with van der Waals surface area (Å²) in [5, 5.41) is 0. The minimum Gasteiger partial charge on any atom is -1.00 e. The van der Waals surface area contributed by atoms with E-state index in [-0.39, 0.29) is 24.8 Å². The van der Waals surface area contributed by atoms with Crippen molar-refractivity contribution >= 4 is 0 Å². The van der Waals surface area contributed by atoms with Gasteiger partial charge in [-0.2, -0.15) is 0 Å². The zero-order valence-corrected chi connectivity index (χ0v) is 23.3. The second kappa shape index (κ2) is 10.1. The Hall–Kier alpha value is -0.357. The van der Waals surface area contributed by atoms with Crippen LogP contribution in [0.25, 0.3) is 0 Å². The molecular weight excluding hydrogens is 486 g/mol. The third-order valence-electron chi connectivity index (χ3n) is 7.96. The van der Waals surface area contributed by atoms with Crippen LogP contribution in [0.1, 0.15) is 66.4 Å². The quantitative estimate of drug-likeness (QED) is 0.571. The van der Waals surface area contributed by atoms with Gasteiger partial charge in [0.25, 0.3) is 0 Å². The molecule has 160 valence electrons. The molecule has 3 heteroatoms. The summed E-state index contributed by atoms with van der Waals surface area (Å²) >= 11 is -0.685. The summed E-state index contributed by atoms with van der Waals surface area (Å²) in [4.78, 5) is 0. The van der Waals surface area contributed by atoms with Crippen molar-refractivity contribution in [3.05, 3.63) is 78.7 Å². The van der Waals surface area contributed by atoms with Crippen LogP contribution in [0.15, 0.2) is 73.1 Å². The summed E-state index contributed by atoms with van der Waals surface area (Å²) in [5.41, 5.74) is 11.5. The first-order valence-corrected chi connectivity index (χ1v) is 13.6. The van der Waals surface area contributed by atoms with Gasteiger partial charge in [0, 0.05) is 0 Å². The van der Waals surface area contributed by atoms with Gasteiger partial charge < -0.3 is 24.8 Å². The molecule has 0 bridgehead atoms. The second-order valence-electron chi connectivity index (χ2n) is 9.44. The number of allylic oxidation sites excluding steroid dienone is 8. The Morgan fingerprint density at radius 3 is 2.07 bits per heavy atom. The second-order valence-corrected chi connectivity index (χ2v) is 12.9. The number of benzene rings is 1. The van der Waals surface area contributed by atoms with Crippen molar-refractivity contribution in [2.24, 2.45) is 17.8 Å². The summed E-state index contributed by atoms with van der Waals surface area (Å²) < 4.78 is 2.64. The Morgan fingerprint density at radius 2 is 1.50 bits per heavy atom. The molecule has 1 aromatic rings. The van der Waals surface area contributed by atoms with Gasteiger partial charge in [-0.25, -0.2) is 0 Å². The number of rotatable bonds is 3. The Balaban J connectivity index is 0.00000160. The van der Waals surface area contributed by atoms with E-state index in [1.807, 2.05) is 8.85 Å². The van der Waals surface area contributed by atoms with Crippen LogP contribution in [0, 0.1) is 17.8 Å². The van der Waals surface area contributed by atoms with Crippen LogP contribution in [0.4, 0.5) is 0 Å². The molecule has 0 radical (unpaired) electrons. The van der Waals surface area contributed by atoms with Crippen molar-refractivity contribution in [1.82, 2.24) is 0 Å². The van der Waals surface area contributed by atoms with Crippen molar-refractivity contribution in [2.45, 2.75) is 64.4 Å². The zero-order valence-electron chi connectivity index (χ0n) is 19.3. The molecule has 0 fully saturated rings. The summed E-state index contributed by atoms with van der Waals surface area (Å²) in [7, 11) is 0. The summed E-state index contributed by atoms with van der Waals surface area (Å²) in [5.74, 6) is 2.75. The Morgan fingerprint density at radius 1 is 0.867 bits per heavy atom. The summed E-state index contributed by atoms with van der Waals surface area (Å²) in [6, 6.07) is 11.3. The average molecular weight is 521 g/mol. The molecule has 0 saturated carbocycles. The molecule has 0 N–H and O–H groups in total. The number of hydrogen-bond donors (Lipinski definition) is 0. The van der Waals surface area contributed by atoms with Gasteiger partial charge in [-0.15, -0.1) is 0 Å². The van der Waals surface area contributed by atoms with Crippen LogP contribution in [-0.4, -0.2) is 0 Å². The number of hydrogen-bond acceptors (Lipinski definition) is 0. The molecule has 0 nitrogen and oxygen atoms in total. The first kappa shape index (κ1) is 25.9. The molecule has 3 aliphatic rings. The van der Waals surface area contributed by atoms with E-state index in [4.69, 9.17) is 0 Å². The fourth-order valence-electron chi connectivity index (χ4n) is 5.63. The smallest absolute Gasteiger partial charge is 1.00 e. The van der Waals surface area contributed by atoms with E-state index in [0.29, 0.717) is 17.8 Å². The average Bonchev–Trinajstić information content (AvgIpc) is 3.08. The molecule has 0 saturated heterocycles. The van der Waals surface area contributed by atoms with Gasteiger partial charge in [0.2, 0.25) is 0 Å². The molecule has 0 heterocycles. The van der Waals surface area contributed by atoms with Gasteiger partial charge in [-0.05, 0) is 0 Å². The molecule has 30 heavy (non-hydrogen) atoms. The van der Waals surface area contributed by atoms with Crippen molar-refractivity contribution in [3.8, 4) is 0 Å². The zero-order chi connectivity index (χ0) is 20.2. The van der Waals surface area contributed by atoms with Crippen LogP contribution in [0.3, 0.4) is 0 Å². The van der Waals surface area contributed by atoms with Crippen LogP contribution in [0.5, 0.6) is 0 Å². The molecule has 0 aromatic heterocycles. The molecular formula is C27H34Cl2Zr. The minimum atomic E-state index is -0.685. The first-order valence-electron chi connectivity index (χ1n) is 10.9. The van der Waals surface area contributed by atoms with Crippen molar-refractivity contribution < 1.29 is 48.0 Å². The van der Waals surface area contributed by atoms with Gasteiger partial charge in [-0.1, -0.05) is 0 Å². The fraction of sp³-hybridized carbons (Fsp3) is 0.481. The van der Waals surface area contributed by atoms with Gasteiger partial charge in [0.15, 0.2) is 0 Å². The predicted molar refractivity (Wildman–Crippen MR) is 117 cm³/mol. The van der Waals surface area contributed by atoms with E-state index < -0.39 is 23.2 Å². The molecule has 3 aliphatic carbocycles. The Kier molecular flexibility index (Phi) is 8.69. The standard InChI is InChI=1S/C18H21.C9H13.2ClH.Zr/c1-12-9-16-11-13(2)14(3)18(17(16)10-12)15-7-5-4-6-8-15;1-6-5-7(2)9(4)8(6)3;;;/h4-10,13-14,18H,11H2,1-3H3;6H,1-4H3;2*1H;/q;;;;+2/p-2. The first-order chi connectivity index (χ1) is 13.3. The molecule has 0 amide bonds. The SMILES string of the molecule is CC1=CC2=C(CC(C)C(C)C2c2ccccc2)[CH]1[Zr+2][C]1=C(C)C(C)=C(C)C1C.[Cl-].[Cl-]. The van der Waals surface area contributed by atoms with Gasteiger partial charge in [0.05, 0.1) is 0 Å². The fourth-order valence-corrected chi connectivity index (χ4v) is 10.4. The van der Waals surface area contributed by atoms with Crippen molar-refractivity contribution in [2.75, 3.05) is 0 Å². The maximum atomic E-state index is 2.60. The maximum Gasteiger partial charge on any atom is -1.00 e. The molecule has 4 rings (SSSR count). The molecule has 1 aromatic carbocycles. The van der Waals surface area contributed by atoms with Crippen LogP contribution >= 0.6 is 0 Å². The van der Waals surface area contributed by atoms with Gasteiger partial charge >= 0.3 is 184 Å². The topological polar surface area (TPSA) is 0 Å². The summed E-state index contributed by atoms with van der Waals surface area (Å²) in [6.45, 7) is 16.9. The van der Waals surface area contributed by atoms with Gasteiger partial charge in [-0.3, -0.25) is 0 Å². The van der Waals surface area contributed by atoms with Crippen molar-refractivity contribution in [1.29, 1.82) is 0 Å². The van der Waals surface area contributed by atoms with Crippen LogP contribution < -0.4 is 24.8 Å². The summed E-state index contributed by atoms with van der Waals surface area (Å²) in [6.07, 6.45) is 3.91. The predicted octanol–water partition coefficient (Wildman–Crippen LogP) is 1.84. The maximum absolute atomic E-state index is 2.60. The van der Waals surface area contributed by atoms with E-state index in [2.05, 4.69) is 84.9 Å². The van der Waals surface area contributed by atoms with Crippen molar-refractivity contribution in [3.63, 3.8) is 0 Å². The molecule has 5 unspecified atom stereocenters. The Labute approximate surface area is 207 Å². The van der Waals surface area contributed by atoms with Crippen LogP contribution in [0.2, 0.25) is 3.63 Å². The molecule has 0 spiro atoms. The van der Waals surface area contributed by atoms with Crippen LogP contribution in [-0.2, 0) is 23.2 Å². The van der Waals surface area contributed by atoms with E-state index in [1.54, 1.807) is 27.9 Å². The normalized spacial score (nSPS) is 30.5. The van der Waals surface area contributed by atoms with E-state index in [0.717, 1.165) is 9.54 Å². The van der Waals surface area contributed by atoms with E-state index in [1.165, 1.54) is 12.0 Å². The molecule has 0 aliphatic heterocycles. The Bertz CT molecular complexity index is 919. The van der Waals surface area contributed by atoms with E-state index >= 15 is 0 Å².